The van der Waals surface area contributed by atoms with Gasteiger partial charge in [0.05, 0.1) is 12.1 Å². The third-order valence-corrected chi connectivity index (χ3v) is 5.57. The van der Waals surface area contributed by atoms with Crippen molar-refractivity contribution in [1.82, 2.24) is 15.1 Å². The maximum absolute atomic E-state index is 14.2. The van der Waals surface area contributed by atoms with E-state index < -0.39 is 29.4 Å². The van der Waals surface area contributed by atoms with E-state index in [-0.39, 0.29) is 32.0 Å². The molecule has 6 nitrogen and oxygen atoms in total. The highest BCUT2D eigenvalue weighted by Crippen LogP contribution is 2.45. The first-order chi connectivity index (χ1) is 11.8. The minimum Gasteiger partial charge on any atom is -0.391 e. The van der Waals surface area contributed by atoms with Crippen LogP contribution in [0.25, 0.3) is 0 Å². The summed E-state index contributed by atoms with van der Waals surface area (Å²) in [4.78, 5) is 12.7. The maximum atomic E-state index is 14.2. The second-order valence-electron chi connectivity index (χ2n) is 7.30. The predicted molar refractivity (Wildman–Crippen MR) is 86.0 cm³/mol. The van der Waals surface area contributed by atoms with E-state index >= 15 is 0 Å². The fourth-order valence-corrected chi connectivity index (χ4v) is 3.99. The van der Waals surface area contributed by atoms with Gasteiger partial charge in [-0.25, -0.2) is 8.78 Å². The summed E-state index contributed by atoms with van der Waals surface area (Å²) in [6, 6.07) is 1.32. The Morgan fingerprint density at radius 1 is 1.44 bits per heavy atom. The van der Waals surface area contributed by atoms with E-state index in [2.05, 4.69) is 10.4 Å². The van der Waals surface area contributed by atoms with E-state index in [1.807, 2.05) is 12.3 Å². The zero-order valence-electron chi connectivity index (χ0n) is 14.3. The molecule has 1 saturated carbocycles. The Morgan fingerprint density at radius 2 is 2.16 bits per heavy atom. The Balaban J connectivity index is 1.65. The number of nitrogens with one attached hydrogen (secondary N) is 1. The molecular weight excluding hydrogens is 332 g/mol. The number of rotatable bonds is 5. The number of halogens is 2. The molecule has 1 amide bonds. The van der Waals surface area contributed by atoms with Crippen molar-refractivity contribution < 1.29 is 23.4 Å². The minimum absolute atomic E-state index is 0.0120. The quantitative estimate of drug-likeness (QED) is 0.839. The Labute approximate surface area is 145 Å². The van der Waals surface area contributed by atoms with Gasteiger partial charge in [0, 0.05) is 39.1 Å². The first kappa shape index (κ1) is 18.3. The summed E-state index contributed by atoms with van der Waals surface area (Å²) in [6.45, 7) is 1.72. The SMILES string of the molecule is CC(F)(F)C1(C(=O)N[C@@H]2CC(Cn3cccn3)C[C@H]2O)CCOCC1. The lowest BCUT2D eigenvalue weighted by Gasteiger charge is -2.40. The van der Waals surface area contributed by atoms with Gasteiger partial charge in [-0.05, 0) is 37.7 Å². The van der Waals surface area contributed by atoms with Crippen LogP contribution in [0.4, 0.5) is 8.78 Å². The lowest BCUT2D eigenvalue weighted by molar-refractivity contribution is -0.176. The van der Waals surface area contributed by atoms with Gasteiger partial charge in [-0.15, -0.1) is 0 Å². The number of alkyl halides is 2. The van der Waals surface area contributed by atoms with Gasteiger partial charge in [-0.1, -0.05) is 0 Å². The van der Waals surface area contributed by atoms with Gasteiger partial charge in [0.25, 0.3) is 5.92 Å². The number of hydrogen-bond donors (Lipinski definition) is 2. The lowest BCUT2D eigenvalue weighted by Crippen LogP contribution is -2.57. The van der Waals surface area contributed by atoms with Gasteiger partial charge in [-0.3, -0.25) is 9.48 Å². The van der Waals surface area contributed by atoms with Crippen LogP contribution in [0.2, 0.25) is 0 Å². The number of aromatic nitrogens is 2. The molecule has 140 valence electrons. The van der Waals surface area contributed by atoms with Crippen molar-refractivity contribution in [1.29, 1.82) is 0 Å². The lowest BCUT2D eigenvalue weighted by atomic mass is 9.74. The second kappa shape index (κ2) is 6.99. The minimum atomic E-state index is -3.14. The molecule has 3 atom stereocenters. The smallest absolute Gasteiger partial charge is 0.259 e. The largest absolute Gasteiger partial charge is 0.391 e. The molecule has 0 aromatic carbocycles. The zero-order valence-corrected chi connectivity index (χ0v) is 14.3. The maximum Gasteiger partial charge on any atom is 0.259 e. The van der Waals surface area contributed by atoms with Gasteiger partial charge in [0.1, 0.15) is 5.41 Å². The first-order valence-corrected chi connectivity index (χ1v) is 8.74. The second-order valence-corrected chi connectivity index (χ2v) is 7.30. The fraction of sp³-hybridized carbons (Fsp3) is 0.765. The summed E-state index contributed by atoms with van der Waals surface area (Å²) in [5, 5.41) is 17.1. The Kier molecular flexibility index (Phi) is 5.11. The highest BCUT2D eigenvalue weighted by molar-refractivity contribution is 5.84. The number of amides is 1. The molecule has 1 aromatic heterocycles. The van der Waals surface area contributed by atoms with Gasteiger partial charge in [0.15, 0.2) is 0 Å². The third-order valence-electron chi connectivity index (χ3n) is 5.57. The van der Waals surface area contributed by atoms with E-state index in [0.717, 1.165) is 6.92 Å². The third kappa shape index (κ3) is 3.69. The Hall–Kier alpha value is -1.54. The Bertz CT molecular complexity index is 582. The van der Waals surface area contributed by atoms with Gasteiger partial charge >= 0.3 is 0 Å². The predicted octanol–water partition coefficient (Wildman–Crippen LogP) is 1.59. The summed E-state index contributed by atoms with van der Waals surface area (Å²) in [5.74, 6) is -3.67. The molecule has 2 fully saturated rings. The highest BCUT2D eigenvalue weighted by atomic mass is 19.3. The zero-order chi connectivity index (χ0) is 18.1. The molecule has 8 heteroatoms. The Morgan fingerprint density at radius 3 is 2.76 bits per heavy atom. The van der Waals surface area contributed by atoms with Crippen LogP contribution in [0, 0.1) is 11.3 Å². The van der Waals surface area contributed by atoms with Crippen molar-refractivity contribution in [3.8, 4) is 0 Å². The number of nitrogens with zero attached hydrogens (tertiary/aromatic N) is 2. The van der Waals surface area contributed by atoms with Crippen molar-refractivity contribution in [3.05, 3.63) is 18.5 Å². The molecule has 1 saturated heterocycles. The van der Waals surface area contributed by atoms with E-state index in [1.54, 1.807) is 10.9 Å². The topological polar surface area (TPSA) is 76.4 Å². The van der Waals surface area contributed by atoms with Gasteiger partial charge in [0.2, 0.25) is 5.91 Å². The van der Waals surface area contributed by atoms with Crippen LogP contribution >= 0.6 is 0 Å². The number of hydrogen-bond acceptors (Lipinski definition) is 4. The summed E-state index contributed by atoms with van der Waals surface area (Å²) < 4.78 is 35.4. The number of ether oxygens (including phenoxy) is 1. The van der Waals surface area contributed by atoms with Crippen LogP contribution in [-0.4, -0.2) is 52.1 Å². The normalized spacial score (nSPS) is 29.5. The first-order valence-electron chi connectivity index (χ1n) is 8.74. The van der Waals surface area contributed by atoms with E-state index in [4.69, 9.17) is 4.74 Å². The average Bonchev–Trinajstić information content (AvgIpc) is 3.17. The molecule has 2 N–H and O–H groups in total. The molecule has 3 rings (SSSR count). The molecular formula is C17H25F2N3O3. The molecule has 1 unspecified atom stereocenters. The molecule has 1 aliphatic heterocycles. The molecule has 0 bridgehead atoms. The number of carbonyl (C=O) groups is 1. The summed E-state index contributed by atoms with van der Waals surface area (Å²) in [6.07, 6.45) is 3.84. The van der Waals surface area contributed by atoms with Crippen LogP contribution in [0.15, 0.2) is 18.5 Å². The number of aliphatic hydroxyl groups is 1. The molecule has 25 heavy (non-hydrogen) atoms. The van der Waals surface area contributed by atoms with E-state index in [0.29, 0.717) is 19.4 Å². The molecule has 1 aliphatic carbocycles. The molecule has 0 radical (unpaired) electrons. The van der Waals surface area contributed by atoms with Crippen molar-refractivity contribution >= 4 is 5.91 Å². The van der Waals surface area contributed by atoms with E-state index in [1.165, 1.54) is 0 Å². The van der Waals surface area contributed by atoms with Crippen molar-refractivity contribution in [2.24, 2.45) is 11.3 Å². The fourth-order valence-electron chi connectivity index (χ4n) is 3.99. The van der Waals surface area contributed by atoms with Gasteiger partial charge < -0.3 is 15.2 Å². The van der Waals surface area contributed by atoms with Gasteiger partial charge in [-0.2, -0.15) is 5.10 Å². The van der Waals surface area contributed by atoms with Crippen molar-refractivity contribution in [2.75, 3.05) is 13.2 Å². The summed E-state index contributed by atoms with van der Waals surface area (Å²) in [7, 11) is 0. The molecule has 0 spiro atoms. The van der Waals surface area contributed by atoms with Crippen molar-refractivity contribution in [2.45, 2.75) is 57.2 Å². The molecule has 2 heterocycles. The average molecular weight is 357 g/mol. The van der Waals surface area contributed by atoms with Crippen LogP contribution < -0.4 is 5.32 Å². The number of carbonyl (C=O) groups excluding carboxylic acids is 1. The highest BCUT2D eigenvalue weighted by Gasteiger charge is 2.56. The van der Waals surface area contributed by atoms with Crippen LogP contribution in [0.5, 0.6) is 0 Å². The molecule has 1 aromatic rings. The van der Waals surface area contributed by atoms with Crippen LogP contribution in [-0.2, 0) is 16.1 Å². The van der Waals surface area contributed by atoms with E-state index in [9.17, 15) is 18.7 Å². The standard InChI is InChI=1S/C17H25F2N3O3/c1-16(18,19)17(3-7-25-8-4-17)15(24)21-13-9-12(10-14(13)23)11-22-6-2-5-20-22/h2,5-6,12-14,23H,3-4,7-11H2,1H3,(H,21,24)/t12?,13-,14-/m1/s1. The monoisotopic (exact) mass is 357 g/mol. The van der Waals surface area contributed by atoms with Crippen molar-refractivity contribution in [3.63, 3.8) is 0 Å². The van der Waals surface area contributed by atoms with Crippen LogP contribution in [0.1, 0.15) is 32.6 Å². The summed E-state index contributed by atoms with van der Waals surface area (Å²) in [5.41, 5.74) is -1.76. The summed E-state index contributed by atoms with van der Waals surface area (Å²) >= 11 is 0. The number of aliphatic hydroxyl groups excluding tert-OH is 1. The van der Waals surface area contributed by atoms with Crippen LogP contribution in [0.3, 0.4) is 0 Å². The molecule has 2 aliphatic rings.